The molecule has 2 aliphatic rings. The average Bonchev–Trinajstić information content (AvgIpc) is 3.37. The molecule has 378 valence electrons. The summed E-state index contributed by atoms with van der Waals surface area (Å²) in [4.78, 5) is 43.3. The zero-order valence-corrected chi connectivity index (χ0v) is 44.4. The zero-order valence-electron chi connectivity index (χ0n) is 43.4. The van der Waals surface area contributed by atoms with E-state index < -0.39 is 61.1 Å². The fourth-order valence-corrected chi connectivity index (χ4v) is 14.5. The average molecular weight is 982 g/mol. The van der Waals surface area contributed by atoms with E-state index in [-0.39, 0.29) is 18.1 Å². The van der Waals surface area contributed by atoms with Crippen molar-refractivity contribution in [2.75, 3.05) is 7.11 Å². The number of hydrogen-bond acceptors (Lipinski definition) is 10. The number of methoxy groups -OCH3 is 1. The maximum Gasteiger partial charge on any atom is 0.340 e. The highest BCUT2D eigenvalue weighted by atomic mass is 28.4. The summed E-state index contributed by atoms with van der Waals surface area (Å²) in [5.41, 5.74) is 1.95. The third-order valence-electron chi connectivity index (χ3n) is 14.7. The van der Waals surface area contributed by atoms with Gasteiger partial charge in [-0.3, -0.25) is 4.90 Å². The van der Waals surface area contributed by atoms with Crippen LogP contribution in [0.4, 0.5) is 0 Å². The minimum atomic E-state index is -3.29. The fraction of sp³-hybridized carbons (Fsp3) is 0.433. The summed E-state index contributed by atoms with van der Waals surface area (Å²) in [7, 11) is -1.59. The highest BCUT2D eigenvalue weighted by Crippen LogP contribution is 2.45. The van der Waals surface area contributed by atoms with Crippen molar-refractivity contribution < 1.29 is 42.8 Å². The number of benzene rings is 5. The standard InChI is InChI=1S/C60H75NO9Si/c1-42(36-37-58(5,6)71(64,49-32-22-14-23-33-49)50-34-24-15-25-35-50)39-60(9,65-10)54(44(3)52-45(4)55(62)70-59(7,8)69-52)68-57-53(67-56(63)48-30-20-13-21-31-48)51(38-43(2)66-57)61(40-46-26-16-11-17-27-46)41-47-28-18-12-19-29-47/h11-35,42-44,51,53-54,57,64H,36-41H2,1-10H3/t42-,43?,44-,51?,53?,54+,57-,60+/m0/s1. The van der Waals surface area contributed by atoms with Gasteiger partial charge in [-0.2, -0.15) is 0 Å². The quantitative estimate of drug-likeness (QED) is 0.0563. The van der Waals surface area contributed by atoms with Crippen LogP contribution in [0.25, 0.3) is 0 Å². The van der Waals surface area contributed by atoms with Gasteiger partial charge in [-0.25, -0.2) is 9.59 Å². The number of carbonyl (C=O) groups excluding carboxylic acids is 2. The summed E-state index contributed by atoms with van der Waals surface area (Å²) >= 11 is 0. The maximum atomic E-state index is 14.4. The van der Waals surface area contributed by atoms with Gasteiger partial charge in [0.15, 0.2) is 12.4 Å². The number of rotatable bonds is 21. The van der Waals surface area contributed by atoms with Crippen molar-refractivity contribution in [1.82, 2.24) is 4.90 Å². The van der Waals surface area contributed by atoms with Crippen LogP contribution in [0.5, 0.6) is 0 Å². The van der Waals surface area contributed by atoms with E-state index in [9.17, 15) is 14.4 Å². The van der Waals surface area contributed by atoms with Gasteiger partial charge in [0.25, 0.3) is 8.32 Å². The molecule has 11 heteroatoms. The molecule has 0 spiro atoms. The Morgan fingerprint density at radius 3 is 1.79 bits per heavy atom. The first-order valence-electron chi connectivity index (χ1n) is 25.2. The predicted octanol–water partition coefficient (Wildman–Crippen LogP) is 10.8. The number of nitrogens with zero attached hydrogens (tertiary/aromatic N) is 1. The zero-order chi connectivity index (χ0) is 51.0. The van der Waals surface area contributed by atoms with Crippen LogP contribution in [0.15, 0.2) is 163 Å². The molecule has 1 saturated heterocycles. The Morgan fingerprint density at radius 2 is 1.28 bits per heavy atom. The lowest BCUT2D eigenvalue weighted by Crippen LogP contribution is -2.65. The van der Waals surface area contributed by atoms with Crippen LogP contribution in [0.2, 0.25) is 5.04 Å². The third kappa shape index (κ3) is 12.6. The van der Waals surface area contributed by atoms with Gasteiger partial charge in [-0.05, 0) is 84.6 Å². The van der Waals surface area contributed by atoms with Crippen molar-refractivity contribution in [3.63, 3.8) is 0 Å². The van der Waals surface area contributed by atoms with Gasteiger partial charge in [0.05, 0.1) is 35.0 Å². The first-order chi connectivity index (χ1) is 33.8. The van der Waals surface area contributed by atoms with Crippen LogP contribution >= 0.6 is 0 Å². The lowest BCUT2D eigenvalue weighted by Gasteiger charge is -2.49. The van der Waals surface area contributed by atoms with Crippen LogP contribution in [-0.2, 0) is 46.3 Å². The highest BCUT2D eigenvalue weighted by Gasteiger charge is 2.53. The van der Waals surface area contributed by atoms with Gasteiger partial charge >= 0.3 is 11.9 Å². The van der Waals surface area contributed by atoms with Crippen molar-refractivity contribution >= 4 is 30.6 Å². The largest absolute Gasteiger partial charge is 0.456 e. The third-order valence-corrected chi connectivity index (χ3v) is 19.3. The molecule has 0 aromatic heterocycles. The molecular weight excluding hydrogens is 907 g/mol. The Balaban J connectivity index is 1.27. The molecule has 0 bridgehead atoms. The molecule has 0 amide bonds. The Kier molecular flexibility index (Phi) is 17.3. The summed E-state index contributed by atoms with van der Waals surface area (Å²) in [6, 6.07) is 49.5. The summed E-state index contributed by atoms with van der Waals surface area (Å²) in [5.74, 6) is -2.30. The van der Waals surface area contributed by atoms with Crippen molar-refractivity contribution in [2.45, 2.75) is 148 Å². The van der Waals surface area contributed by atoms with Crippen molar-refractivity contribution in [3.05, 3.63) is 180 Å². The molecular formula is C60H75NO9Si. The molecule has 1 fully saturated rings. The van der Waals surface area contributed by atoms with Gasteiger partial charge in [0.1, 0.15) is 5.76 Å². The topological polar surface area (TPSA) is 113 Å². The summed E-state index contributed by atoms with van der Waals surface area (Å²) in [6.45, 7) is 19.0. The van der Waals surface area contributed by atoms with Gasteiger partial charge in [0.2, 0.25) is 5.79 Å². The summed E-state index contributed by atoms with van der Waals surface area (Å²) in [5, 5.41) is 1.47. The molecule has 5 aromatic rings. The molecule has 0 aliphatic carbocycles. The lowest BCUT2D eigenvalue weighted by atomic mass is 9.79. The van der Waals surface area contributed by atoms with Crippen molar-refractivity contribution in [3.8, 4) is 0 Å². The highest BCUT2D eigenvalue weighted by molar-refractivity contribution is 6.98. The minimum absolute atomic E-state index is 0.0592. The number of cyclic esters (lactones) is 1. The smallest absolute Gasteiger partial charge is 0.340 e. The van der Waals surface area contributed by atoms with Gasteiger partial charge < -0.3 is 33.2 Å². The predicted molar refractivity (Wildman–Crippen MR) is 281 cm³/mol. The molecule has 71 heavy (non-hydrogen) atoms. The van der Waals surface area contributed by atoms with E-state index in [1.165, 1.54) is 0 Å². The van der Waals surface area contributed by atoms with E-state index in [2.05, 4.69) is 74.2 Å². The van der Waals surface area contributed by atoms with E-state index >= 15 is 0 Å². The molecule has 1 N–H and O–H groups in total. The van der Waals surface area contributed by atoms with E-state index in [1.54, 1.807) is 40.0 Å². The Hall–Kier alpha value is -5.40. The fourth-order valence-electron chi connectivity index (χ4n) is 10.8. The molecule has 8 atom stereocenters. The van der Waals surface area contributed by atoms with Gasteiger partial charge in [-0.15, -0.1) is 0 Å². The second-order valence-electron chi connectivity index (χ2n) is 21.1. The van der Waals surface area contributed by atoms with E-state index in [1.807, 2.05) is 112 Å². The molecule has 2 aliphatic heterocycles. The normalized spacial score (nSPS) is 21.6. The summed E-state index contributed by atoms with van der Waals surface area (Å²) < 4.78 is 40.0. The van der Waals surface area contributed by atoms with Crippen molar-refractivity contribution in [2.24, 2.45) is 11.8 Å². The van der Waals surface area contributed by atoms with E-state index in [4.69, 9.17) is 28.4 Å². The first kappa shape index (κ1) is 53.4. The van der Waals surface area contributed by atoms with E-state index in [0.717, 1.165) is 34.3 Å². The second kappa shape index (κ2) is 23.0. The Morgan fingerprint density at radius 1 is 0.789 bits per heavy atom. The second-order valence-corrected chi connectivity index (χ2v) is 25.1. The number of esters is 2. The Bertz CT molecular complexity index is 2440. The molecule has 10 nitrogen and oxygen atoms in total. The Labute approximate surface area is 423 Å². The molecule has 0 saturated carbocycles. The number of hydrogen-bond donors (Lipinski definition) is 1. The lowest BCUT2D eigenvalue weighted by molar-refractivity contribution is -0.300. The molecule has 3 unspecified atom stereocenters. The van der Waals surface area contributed by atoms with Gasteiger partial charge in [-0.1, -0.05) is 174 Å². The van der Waals surface area contributed by atoms with Crippen molar-refractivity contribution in [1.29, 1.82) is 0 Å². The summed E-state index contributed by atoms with van der Waals surface area (Å²) in [6.07, 6.45) is -0.545. The molecule has 5 aromatic carbocycles. The molecule has 7 rings (SSSR count). The molecule has 2 heterocycles. The van der Waals surface area contributed by atoms with E-state index in [0.29, 0.717) is 42.8 Å². The number of carbonyl (C=O) groups is 2. The van der Waals surface area contributed by atoms with Crippen LogP contribution in [0, 0.1) is 11.8 Å². The van der Waals surface area contributed by atoms with Gasteiger partial charge in [0, 0.05) is 40.0 Å². The van der Waals surface area contributed by atoms with Crippen LogP contribution in [0.1, 0.15) is 109 Å². The minimum Gasteiger partial charge on any atom is -0.456 e. The monoisotopic (exact) mass is 982 g/mol. The van der Waals surface area contributed by atoms with Crippen LogP contribution in [0.3, 0.4) is 0 Å². The molecule has 0 radical (unpaired) electrons. The maximum absolute atomic E-state index is 14.4. The first-order valence-corrected chi connectivity index (χ1v) is 27.2. The number of ether oxygens (including phenoxy) is 6. The SMILES string of the molecule is CO[C@](C)(C[C@@H](C)CCC(C)(C)[Si](O)(c1ccccc1)c1ccccc1)[C@H](O[C@@H]1OC(C)CC(N(Cc2ccccc2)Cc2ccccc2)C1OC(=O)c1ccccc1)[C@@H](C)C1=C(C)C(=O)OC(C)(C)O1. The van der Waals surface area contributed by atoms with Crippen LogP contribution < -0.4 is 10.4 Å². The van der Waals surface area contributed by atoms with Crippen LogP contribution in [-0.4, -0.2) is 79.1 Å².